The van der Waals surface area contributed by atoms with Gasteiger partial charge in [-0.1, -0.05) is 12.1 Å². The van der Waals surface area contributed by atoms with Gasteiger partial charge in [-0.3, -0.25) is 14.2 Å². The first-order valence-electron chi connectivity index (χ1n) is 8.34. The molecule has 7 nitrogen and oxygen atoms in total. The molecule has 0 saturated carbocycles. The Balaban J connectivity index is 1.83. The Morgan fingerprint density at radius 1 is 1.31 bits per heavy atom. The molecule has 0 N–H and O–H groups in total. The third-order valence-electron chi connectivity index (χ3n) is 4.21. The van der Waals surface area contributed by atoms with Crippen molar-refractivity contribution in [1.82, 2.24) is 14.5 Å². The molecule has 26 heavy (non-hydrogen) atoms. The number of hydrogen-bond donors (Lipinski definition) is 0. The highest BCUT2D eigenvalue weighted by atomic mass is 16.5. The molecule has 0 bridgehead atoms. The molecule has 3 aromatic rings. The molecular formula is C19H21N3O4. The zero-order chi connectivity index (χ0) is 18.5. The van der Waals surface area contributed by atoms with Crippen molar-refractivity contribution in [3.05, 3.63) is 64.6 Å². The highest BCUT2D eigenvalue weighted by molar-refractivity contribution is 5.81. The summed E-state index contributed by atoms with van der Waals surface area (Å²) in [6.07, 6.45) is 2.99. The van der Waals surface area contributed by atoms with Gasteiger partial charge in [0.15, 0.2) is 0 Å². The van der Waals surface area contributed by atoms with Crippen LogP contribution < -0.4 is 5.56 Å². The van der Waals surface area contributed by atoms with Gasteiger partial charge in [0.05, 0.1) is 36.6 Å². The zero-order valence-electron chi connectivity index (χ0n) is 14.8. The van der Waals surface area contributed by atoms with Gasteiger partial charge in [0.25, 0.3) is 5.56 Å². The molecule has 0 radical (unpaired) electrons. The van der Waals surface area contributed by atoms with Crippen LogP contribution in [-0.4, -0.2) is 40.6 Å². The zero-order valence-corrected chi connectivity index (χ0v) is 14.8. The number of fused-ring (bicyclic) bond motifs is 1. The molecule has 0 saturated heterocycles. The topological polar surface area (TPSA) is 77.6 Å². The third-order valence-corrected chi connectivity index (χ3v) is 4.21. The molecule has 0 aliphatic carbocycles. The molecule has 1 aromatic carbocycles. The maximum Gasteiger partial charge on any atom is 0.261 e. The van der Waals surface area contributed by atoms with Crippen LogP contribution >= 0.6 is 0 Å². The number of hydrogen-bond acceptors (Lipinski definition) is 5. The van der Waals surface area contributed by atoms with Gasteiger partial charge in [-0.25, -0.2) is 4.98 Å². The lowest BCUT2D eigenvalue weighted by molar-refractivity contribution is -0.133. The molecule has 7 heteroatoms. The van der Waals surface area contributed by atoms with E-state index in [1.54, 1.807) is 36.5 Å². The van der Waals surface area contributed by atoms with Crippen LogP contribution in [0.15, 0.2) is 52.1 Å². The lowest BCUT2D eigenvalue weighted by Gasteiger charge is -2.21. The fraction of sp³-hybridized carbons (Fsp3) is 0.316. The number of aryl methyl sites for hydroxylation is 1. The number of carbonyl (C=O) groups excluding carboxylic acids is 1. The lowest BCUT2D eigenvalue weighted by atomic mass is 10.1. The Hall–Kier alpha value is -2.93. The van der Waals surface area contributed by atoms with E-state index in [0.29, 0.717) is 36.4 Å². The van der Waals surface area contributed by atoms with E-state index in [9.17, 15) is 9.59 Å². The Kier molecular flexibility index (Phi) is 5.48. The molecule has 0 atom stereocenters. The number of furan rings is 1. The van der Waals surface area contributed by atoms with Crippen LogP contribution in [0.1, 0.15) is 11.3 Å². The summed E-state index contributed by atoms with van der Waals surface area (Å²) >= 11 is 0. The molecule has 0 spiro atoms. The number of benzene rings is 1. The van der Waals surface area contributed by atoms with Crippen LogP contribution in [0.2, 0.25) is 0 Å². The summed E-state index contributed by atoms with van der Waals surface area (Å²) in [5, 5.41) is 0.509. The fourth-order valence-corrected chi connectivity index (χ4v) is 2.78. The average molecular weight is 355 g/mol. The monoisotopic (exact) mass is 355 g/mol. The number of amides is 1. The van der Waals surface area contributed by atoms with Gasteiger partial charge in [-0.2, -0.15) is 0 Å². The molecule has 3 rings (SSSR count). The molecule has 0 aliphatic rings. The molecule has 136 valence electrons. The minimum atomic E-state index is -0.225. The molecule has 0 fully saturated rings. The number of nitrogens with zero attached hydrogens (tertiary/aromatic N) is 3. The molecule has 2 heterocycles. The molecule has 0 aliphatic heterocycles. The maximum absolute atomic E-state index is 12.7. The second-order valence-corrected chi connectivity index (χ2v) is 6.04. The number of aromatic nitrogens is 2. The quantitative estimate of drug-likeness (QED) is 0.648. The van der Waals surface area contributed by atoms with E-state index in [0.717, 1.165) is 5.56 Å². The van der Waals surface area contributed by atoms with Gasteiger partial charge in [0.2, 0.25) is 5.91 Å². The Morgan fingerprint density at radius 2 is 2.15 bits per heavy atom. The Morgan fingerprint density at radius 3 is 2.88 bits per heavy atom. The van der Waals surface area contributed by atoms with Crippen molar-refractivity contribution in [2.24, 2.45) is 0 Å². The van der Waals surface area contributed by atoms with Gasteiger partial charge in [0.1, 0.15) is 12.3 Å². The summed E-state index contributed by atoms with van der Waals surface area (Å²) < 4.78 is 11.7. The number of carbonyl (C=O) groups is 1. The van der Waals surface area contributed by atoms with Crippen LogP contribution in [0.4, 0.5) is 0 Å². The summed E-state index contributed by atoms with van der Waals surface area (Å²) in [6, 6.07) is 9.02. The average Bonchev–Trinajstić information content (AvgIpc) is 3.14. The summed E-state index contributed by atoms with van der Waals surface area (Å²) in [6.45, 7) is 2.95. The minimum absolute atomic E-state index is 0.0832. The Labute approximate surface area is 150 Å². The van der Waals surface area contributed by atoms with Crippen LogP contribution in [0.5, 0.6) is 0 Å². The third kappa shape index (κ3) is 3.83. The van der Waals surface area contributed by atoms with E-state index < -0.39 is 0 Å². The van der Waals surface area contributed by atoms with Crippen molar-refractivity contribution in [3.63, 3.8) is 0 Å². The van der Waals surface area contributed by atoms with Crippen LogP contribution in [0, 0.1) is 6.92 Å². The summed E-state index contributed by atoms with van der Waals surface area (Å²) in [5.74, 6) is 0.475. The first-order valence-corrected chi connectivity index (χ1v) is 8.34. The fourth-order valence-electron chi connectivity index (χ4n) is 2.78. The maximum atomic E-state index is 12.7. The molecule has 1 amide bonds. The largest absolute Gasteiger partial charge is 0.467 e. The first kappa shape index (κ1) is 17.9. The van der Waals surface area contributed by atoms with Crippen molar-refractivity contribution < 1.29 is 13.9 Å². The van der Waals surface area contributed by atoms with Gasteiger partial charge in [-0.15, -0.1) is 0 Å². The normalized spacial score (nSPS) is 11.0. The van der Waals surface area contributed by atoms with Crippen molar-refractivity contribution in [2.45, 2.75) is 20.0 Å². The minimum Gasteiger partial charge on any atom is -0.467 e. The van der Waals surface area contributed by atoms with Gasteiger partial charge in [-0.05, 0) is 30.7 Å². The highest BCUT2D eigenvalue weighted by Crippen LogP contribution is 2.11. The van der Waals surface area contributed by atoms with Gasteiger partial charge >= 0.3 is 0 Å². The van der Waals surface area contributed by atoms with E-state index in [-0.39, 0.29) is 18.0 Å². The summed E-state index contributed by atoms with van der Waals surface area (Å²) in [4.78, 5) is 31.4. The van der Waals surface area contributed by atoms with Crippen LogP contribution in [0.3, 0.4) is 0 Å². The van der Waals surface area contributed by atoms with Crippen LogP contribution in [-0.2, 0) is 22.6 Å². The number of ether oxygens (including phenoxy) is 1. The van der Waals surface area contributed by atoms with Crippen molar-refractivity contribution in [1.29, 1.82) is 0 Å². The first-order chi connectivity index (χ1) is 12.6. The van der Waals surface area contributed by atoms with Gasteiger partial charge < -0.3 is 14.1 Å². The number of methoxy groups -OCH3 is 1. The second kappa shape index (κ2) is 7.97. The lowest BCUT2D eigenvalue weighted by Crippen LogP contribution is -2.38. The van der Waals surface area contributed by atoms with E-state index in [1.807, 2.05) is 19.1 Å². The molecular weight excluding hydrogens is 334 g/mol. The predicted molar refractivity (Wildman–Crippen MR) is 96.7 cm³/mol. The highest BCUT2D eigenvalue weighted by Gasteiger charge is 2.17. The standard InChI is InChI=1S/C19H21N3O4/c1-14-5-3-7-16-18(14)20-13-22(19(16)24)12-17(23)21(8-10-25-2)11-15-6-4-9-26-15/h3-7,9,13H,8,10-12H2,1-2H3. The van der Waals surface area contributed by atoms with Gasteiger partial charge in [0, 0.05) is 13.7 Å². The number of para-hydroxylation sites is 1. The van der Waals surface area contributed by atoms with E-state index in [1.165, 1.54) is 10.9 Å². The van der Waals surface area contributed by atoms with Crippen molar-refractivity contribution in [2.75, 3.05) is 20.3 Å². The summed E-state index contributed by atoms with van der Waals surface area (Å²) in [5.41, 5.74) is 1.36. The molecule has 0 unspecified atom stereocenters. The van der Waals surface area contributed by atoms with E-state index in [2.05, 4.69) is 4.98 Å². The van der Waals surface area contributed by atoms with Crippen molar-refractivity contribution >= 4 is 16.8 Å². The summed E-state index contributed by atoms with van der Waals surface area (Å²) in [7, 11) is 1.58. The number of rotatable bonds is 7. The van der Waals surface area contributed by atoms with E-state index >= 15 is 0 Å². The van der Waals surface area contributed by atoms with Crippen LogP contribution in [0.25, 0.3) is 10.9 Å². The SMILES string of the molecule is COCCN(Cc1ccco1)C(=O)Cn1cnc2c(C)cccc2c1=O. The van der Waals surface area contributed by atoms with E-state index in [4.69, 9.17) is 9.15 Å². The Bertz CT molecular complexity index is 947. The smallest absolute Gasteiger partial charge is 0.261 e. The predicted octanol–water partition coefficient (Wildman–Crippen LogP) is 1.97. The van der Waals surface area contributed by atoms with Crippen molar-refractivity contribution in [3.8, 4) is 0 Å². The second-order valence-electron chi connectivity index (χ2n) is 6.04. The molecule has 2 aromatic heterocycles.